The number of aromatic amines is 1. The Kier molecular flexibility index (Phi) is 2.67. The monoisotopic (exact) mass is 224 g/mol. The molecule has 0 saturated carbocycles. The number of rotatable bonds is 2. The average molecular weight is 224 g/mol. The van der Waals surface area contributed by atoms with E-state index >= 15 is 0 Å². The van der Waals surface area contributed by atoms with Crippen LogP contribution in [0.15, 0.2) is 0 Å². The number of nitrogens with one attached hydrogen (secondary N) is 2. The van der Waals surface area contributed by atoms with Crippen molar-refractivity contribution in [3.05, 3.63) is 11.6 Å². The molecule has 1 fully saturated rings. The number of aromatic nitrogens is 3. The van der Waals surface area contributed by atoms with Gasteiger partial charge in [0.2, 0.25) is 5.82 Å². The lowest BCUT2D eigenvalue weighted by atomic mass is 9.94. The molecule has 1 aromatic rings. The molecule has 1 aliphatic rings. The van der Waals surface area contributed by atoms with Crippen molar-refractivity contribution in [3.8, 4) is 0 Å². The number of H-pyrrole nitrogens is 1. The van der Waals surface area contributed by atoms with Gasteiger partial charge >= 0.3 is 0 Å². The van der Waals surface area contributed by atoms with E-state index in [1.807, 2.05) is 13.8 Å². The van der Waals surface area contributed by atoms with Crippen molar-refractivity contribution < 1.29 is 9.53 Å². The number of carbonyl (C=O) groups excluding carboxylic acids is 1. The van der Waals surface area contributed by atoms with E-state index in [4.69, 9.17) is 4.74 Å². The third-order valence-electron chi connectivity index (χ3n) is 3.09. The molecule has 6 heteroatoms. The predicted octanol–water partition coefficient (Wildman–Crippen LogP) is 0.410. The minimum absolute atomic E-state index is 0.0106. The van der Waals surface area contributed by atoms with Crippen molar-refractivity contribution in [3.63, 3.8) is 0 Å². The summed E-state index contributed by atoms with van der Waals surface area (Å²) >= 11 is 0. The Morgan fingerprint density at radius 1 is 1.69 bits per heavy atom. The number of amides is 1. The first-order chi connectivity index (χ1) is 7.51. The Bertz CT molecular complexity index is 403. The highest BCUT2D eigenvalue weighted by atomic mass is 16.5. The summed E-state index contributed by atoms with van der Waals surface area (Å²) in [7, 11) is 0. The van der Waals surface area contributed by atoms with Gasteiger partial charge in [-0.05, 0) is 27.2 Å². The second kappa shape index (κ2) is 3.86. The fourth-order valence-corrected chi connectivity index (χ4v) is 1.76. The standard InChI is InChI=1S/C10H16N4O2/c1-6-10(3,4-5-16-6)12-9(15)8-11-7(2)13-14-8/h6H,4-5H2,1-3H3,(H,12,15)(H,11,13,14). The summed E-state index contributed by atoms with van der Waals surface area (Å²) in [6.45, 7) is 6.36. The lowest BCUT2D eigenvalue weighted by Crippen LogP contribution is -2.50. The molecule has 2 rings (SSSR count). The van der Waals surface area contributed by atoms with Gasteiger partial charge in [-0.15, -0.1) is 5.10 Å². The summed E-state index contributed by atoms with van der Waals surface area (Å²) in [6, 6.07) is 0. The van der Waals surface area contributed by atoms with Crippen molar-refractivity contribution in [2.24, 2.45) is 0 Å². The van der Waals surface area contributed by atoms with E-state index in [9.17, 15) is 4.79 Å². The van der Waals surface area contributed by atoms with Gasteiger partial charge in [-0.3, -0.25) is 9.89 Å². The number of hydrogen-bond donors (Lipinski definition) is 2. The molecule has 0 aliphatic carbocycles. The molecule has 2 atom stereocenters. The Hall–Kier alpha value is -1.43. The van der Waals surface area contributed by atoms with E-state index < -0.39 is 0 Å². The van der Waals surface area contributed by atoms with Crippen LogP contribution in [-0.4, -0.2) is 39.3 Å². The van der Waals surface area contributed by atoms with Crippen molar-refractivity contribution in [1.29, 1.82) is 0 Å². The van der Waals surface area contributed by atoms with Crippen LogP contribution in [0.25, 0.3) is 0 Å². The molecule has 2 heterocycles. The molecule has 2 unspecified atom stereocenters. The minimum atomic E-state index is -0.328. The lowest BCUT2D eigenvalue weighted by molar-refractivity contribution is 0.0720. The van der Waals surface area contributed by atoms with Gasteiger partial charge in [-0.2, -0.15) is 0 Å². The zero-order chi connectivity index (χ0) is 11.8. The van der Waals surface area contributed by atoms with Crippen molar-refractivity contribution >= 4 is 5.91 Å². The second-order valence-corrected chi connectivity index (χ2v) is 4.38. The summed E-state index contributed by atoms with van der Waals surface area (Å²) < 4.78 is 5.45. The smallest absolute Gasteiger partial charge is 0.291 e. The first-order valence-electron chi connectivity index (χ1n) is 5.34. The number of hydrogen-bond acceptors (Lipinski definition) is 4. The van der Waals surface area contributed by atoms with Crippen molar-refractivity contribution in [2.75, 3.05) is 6.61 Å². The van der Waals surface area contributed by atoms with Gasteiger partial charge in [-0.1, -0.05) is 0 Å². The average Bonchev–Trinajstić information content (AvgIpc) is 2.76. The van der Waals surface area contributed by atoms with Crippen LogP contribution >= 0.6 is 0 Å². The molecule has 1 saturated heterocycles. The van der Waals surface area contributed by atoms with E-state index in [1.165, 1.54) is 0 Å². The fourth-order valence-electron chi connectivity index (χ4n) is 1.76. The molecule has 1 aliphatic heterocycles. The Morgan fingerprint density at radius 3 is 2.94 bits per heavy atom. The van der Waals surface area contributed by atoms with Crippen LogP contribution in [0.2, 0.25) is 0 Å². The molecule has 0 bridgehead atoms. The van der Waals surface area contributed by atoms with Gasteiger partial charge in [0.1, 0.15) is 5.82 Å². The van der Waals surface area contributed by atoms with Crippen LogP contribution < -0.4 is 5.32 Å². The number of aryl methyl sites for hydroxylation is 1. The highest BCUT2D eigenvalue weighted by molar-refractivity contribution is 5.90. The van der Waals surface area contributed by atoms with E-state index in [2.05, 4.69) is 20.5 Å². The second-order valence-electron chi connectivity index (χ2n) is 4.38. The highest BCUT2D eigenvalue weighted by Gasteiger charge is 2.38. The van der Waals surface area contributed by atoms with Crippen molar-refractivity contribution in [1.82, 2.24) is 20.5 Å². The number of ether oxygens (including phenoxy) is 1. The van der Waals surface area contributed by atoms with Crippen LogP contribution in [0, 0.1) is 6.92 Å². The Balaban J connectivity index is 2.07. The molecule has 2 N–H and O–H groups in total. The quantitative estimate of drug-likeness (QED) is 0.762. The third kappa shape index (κ3) is 1.92. The normalized spacial score (nSPS) is 29.3. The van der Waals surface area contributed by atoms with Crippen molar-refractivity contribution in [2.45, 2.75) is 38.8 Å². The van der Waals surface area contributed by atoms with Gasteiger partial charge in [-0.25, -0.2) is 4.98 Å². The van der Waals surface area contributed by atoms with Gasteiger partial charge in [0.05, 0.1) is 11.6 Å². The van der Waals surface area contributed by atoms with Gasteiger partial charge in [0, 0.05) is 6.61 Å². The highest BCUT2D eigenvalue weighted by Crippen LogP contribution is 2.25. The minimum Gasteiger partial charge on any atom is -0.376 e. The van der Waals surface area contributed by atoms with Crippen LogP contribution in [0.3, 0.4) is 0 Å². The molecule has 1 aromatic heterocycles. The molecule has 6 nitrogen and oxygen atoms in total. The van der Waals surface area contributed by atoms with Crippen LogP contribution in [0.4, 0.5) is 0 Å². The zero-order valence-electron chi connectivity index (χ0n) is 9.70. The van der Waals surface area contributed by atoms with Crippen LogP contribution in [-0.2, 0) is 4.74 Å². The summed E-state index contributed by atoms with van der Waals surface area (Å²) in [4.78, 5) is 15.8. The SMILES string of the molecule is Cc1nc(C(=O)NC2(C)CCOC2C)n[nH]1. The maximum absolute atomic E-state index is 11.9. The molecule has 88 valence electrons. The molecular weight excluding hydrogens is 208 g/mol. The first kappa shape index (κ1) is 11.1. The topological polar surface area (TPSA) is 79.9 Å². The van der Waals surface area contributed by atoms with E-state index in [1.54, 1.807) is 6.92 Å². The third-order valence-corrected chi connectivity index (χ3v) is 3.09. The summed E-state index contributed by atoms with van der Waals surface area (Å²) in [5.74, 6) is 0.549. The maximum Gasteiger partial charge on any atom is 0.291 e. The molecule has 0 spiro atoms. The summed E-state index contributed by atoms with van der Waals surface area (Å²) in [5.41, 5.74) is -0.328. The lowest BCUT2D eigenvalue weighted by Gasteiger charge is -2.28. The van der Waals surface area contributed by atoms with Gasteiger partial charge < -0.3 is 10.1 Å². The Morgan fingerprint density at radius 2 is 2.44 bits per heavy atom. The zero-order valence-corrected chi connectivity index (χ0v) is 9.70. The number of nitrogens with zero attached hydrogens (tertiary/aromatic N) is 2. The van der Waals surface area contributed by atoms with Gasteiger partial charge in [0.25, 0.3) is 5.91 Å². The molecule has 1 amide bonds. The predicted molar refractivity (Wildman–Crippen MR) is 57.0 cm³/mol. The molecule has 16 heavy (non-hydrogen) atoms. The molecule has 0 radical (unpaired) electrons. The largest absolute Gasteiger partial charge is 0.376 e. The molecule has 0 aromatic carbocycles. The maximum atomic E-state index is 11.9. The summed E-state index contributed by atoms with van der Waals surface area (Å²) in [5, 5.41) is 9.40. The van der Waals surface area contributed by atoms with E-state index in [0.29, 0.717) is 12.4 Å². The van der Waals surface area contributed by atoms with Gasteiger partial charge in [0.15, 0.2) is 0 Å². The Labute approximate surface area is 93.8 Å². The van der Waals surface area contributed by atoms with E-state index in [0.717, 1.165) is 6.42 Å². The van der Waals surface area contributed by atoms with Crippen LogP contribution in [0.1, 0.15) is 36.7 Å². The summed E-state index contributed by atoms with van der Waals surface area (Å²) in [6.07, 6.45) is 0.819. The molecular formula is C10H16N4O2. The fraction of sp³-hybridized carbons (Fsp3) is 0.700. The first-order valence-corrected chi connectivity index (χ1v) is 5.34. The number of carbonyl (C=O) groups is 1. The van der Waals surface area contributed by atoms with Crippen LogP contribution in [0.5, 0.6) is 0 Å². The van der Waals surface area contributed by atoms with E-state index in [-0.39, 0.29) is 23.4 Å².